The second-order valence-corrected chi connectivity index (χ2v) is 4.70. The van der Waals surface area contributed by atoms with Gasteiger partial charge in [0.15, 0.2) is 0 Å². The Morgan fingerprint density at radius 3 is 2.57 bits per heavy atom. The number of phenolic OH excluding ortho intramolecular Hbond substituents is 1. The topological polar surface area (TPSA) is 55.1 Å². The van der Waals surface area contributed by atoms with E-state index in [0.29, 0.717) is 28.8 Å². The van der Waals surface area contributed by atoms with Crippen molar-refractivity contribution in [1.29, 1.82) is 0 Å². The summed E-state index contributed by atoms with van der Waals surface area (Å²) >= 11 is 0. The third-order valence-electron chi connectivity index (χ3n) is 3.32. The van der Waals surface area contributed by atoms with Crippen molar-refractivity contribution in [2.75, 3.05) is 0 Å². The molecule has 1 aromatic heterocycles. The fourth-order valence-corrected chi connectivity index (χ4v) is 2.31. The maximum Gasteiger partial charge on any atom is 0.265 e. The molecule has 5 heteroatoms. The van der Waals surface area contributed by atoms with Gasteiger partial charge in [-0.2, -0.15) is 0 Å². The van der Waals surface area contributed by atoms with Crippen LogP contribution in [-0.4, -0.2) is 14.7 Å². The summed E-state index contributed by atoms with van der Waals surface area (Å²) in [7, 11) is 0. The maximum absolute atomic E-state index is 13.1. The zero-order chi connectivity index (χ0) is 15.0. The van der Waals surface area contributed by atoms with Crippen LogP contribution in [0.2, 0.25) is 0 Å². The summed E-state index contributed by atoms with van der Waals surface area (Å²) in [5, 5.41) is 9.92. The molecule has 0 bridgehead atoms. The van der Waals surface area contributed by atoms with E-state index in [9.17, 15) is 14.3 Å². The van der Waals surface area contributed by atoms with Crippen LogP contribution in [0.25, 0.3) is 16.6 Å². The van der Waals surface area contributed by atoms with E-state index in [2.05, 4.69) is 4.98 Å². The molecule has 3 rings (SSSR count). The van der Waals surface area contributed by atoms with Crippen molar-refractivity contribution in [2.45, 2.75) is 13.3 Å². The Bertz CT molecular complexity index is 870. The number of halogens is 1. The van der Waals surface area contributed by atoms with E-state index in [4.69, 9.17) is 0 Å². The summed E-state index contributed by atoms with van der Waals surface area (Å²) in [5.74, 6) is 0.268. The van der Waals surface area contributed by atoms with Crippen LogP contribution in [0.3, 0.4) is 0 Å². The molecule has 2 aromatic carbocycles. The zero-order valence-corrected chi connectivity index (χ0v) is 11.4. The summed E-state index contributed by atoms with van der Waals surface area (Å²) in [6.45, 7) is 1.89. The molecule has 0 amide bonds. The Kier molecular flexibility index (Phi) is 3.17. The third kappa shape index (κ3) is 2.27. The van der Waals surface area contributed by atoms with Crippen molar-refractivity contribution in [3.8, 4) is 11.4 Å². The largest absolute Gasteiger partial charge is 0.508 e. The molecule has 21 heavy (non-hydrogen) atoms. The fourth-order valence-electron chi connectivity index (χ4n) is 2.31. The van der Waals surface area contributed by atoms with Gasteiger partial charge >= 0.3 is 0 Å². The first-order valence-electron chi connectivity index (χ1n) is 6.60. The minimum atomic E-state index is -0.358. The van der Waals surface area contributed by atoms with Gasteiger partial charge in [-0.15, -0.1) is 0 Å². The van der Waals surface area contributed by atoms with Gasteiger partial charge in [0.1, 0.15) is 17.4 Å². The Morgan fingerprint density at radius 2 is 1.90 bits per heavy atom. The predicted molar refractivity (Wildman–Crippen MR) is 78.3 cm³/mol. The van der Waals surface area contributed by atoms with Crippen LogP contribution in [0.5, 0.6) is 5.75 Å². The first kappa shape index (κ1) is 13.3. The first-order chi connectivity index (χ1) is 10.1. The molecule has 0 aliphatic rings. The highest BCUT2D eigenvalue weighted by atomic mass is 19.1. The number of aryl methyl sites for hydroxylation is 1. The number of fused-ring (bicyclic) bond motifs is 1. The lowest BCUT2D eigenvalue weighted by atomic mass is 10.2. The van der Waals surface area contributed by atoms with Crippen molar-refractivity contribution in [1.82, 2.24) is 9.55 Å². The number of phenols is 1. The van der Waals surface area contributed by atoms with E-state index < -0.39 is 0 Å². The Labute approximate surface area is 120 Å². The highest BCUT2D eigenvalue weighted by molar-refractivity contribution is 5.79. The van der Waals surface area contributed by atoms with Crippen molar-refractivity contribution in [3.63, 3.8) is 0 Å². The highest BCUT2D eigenvalue weighted by Gasteiger charge is 2.12. The monoisotopic (exact) mass is 284 g/mol. The molecule has 3 aromatic rings. The van der Waals surface area contributed by atoms with Crippen LogP contribution in [0.15, 0.2) is 47.3 Å². The summed E-state index contributed by atoms with van der Waals surface area (Å²) in [4.78, 5) is 17.1. The molecule has 1 N–H and O–H groups in total. The SMILES string of the molecule is CCc1nc2cc(O)ccc2c(=O)n1-c1ccc(F)cc1. The molecule has 106 valence electrons. The number of hydrogen-bond donors (Lipinski definition) is 1. The van der Waals surface area contributed by atoms with Gasteiger partial charge in [0, 0.05) is 12.5 Å². The Balaban J connectivity index is 2.36. The van der Waals surface area contributed by atoms with E-state index >= 15 is 0 Å². The van der Waals surface area contributed by atoms with Crippen LogP contribution in [0.1, 0.15) is 12.7 Å². The van der Waals surface area contributed by atoms with Gasteiger partial charge in [0.05, 0.1) is 16.6 Å². The minimum absolute atomic E-state index is 0.0657. The molecule has 0 aliphatic heterocycles. The molecule has 1 heterocycles. The molecule has 4 nitrogen and oxygen atoms in total. The standard InChI is InChI=1S/C16H13FN2O2/c1-2-15-18-14-9-12(20)7-8-13(14)16(21)19(15)11-5-3-10(17)4-6-11/h3-9,20H,2H2,1H3. The van der Waals surface area contributed by atoms with E-state index in [1.54, 1.807) is 18.2 Å². The van der Waals surface area contributed by atoms with Crippen molar-refractivity contribution in [2.24, 2.45) is 0 Å². The lowest BCUT2D eigenvalue weighted by Crippen LogP contribution is -2.23. The van der Waals surface area contributed by atoms with Crippen LogP contribution >= 0.6 is 0 Å². The summed E-state index contributed by atoms with van der Waals surface area (Å²) in [6, 6.07) is 10.2. The van der Waals surface area contributed by atoms with Gasteiger partial charge in [-0.3, -0.25) is 9.36 Å². The van der Waals surface area contributed by atoms with Crippen molar-refractivity contribution >= 4 is 10.9 Å². The van der Waals surface area contributed by atoms with Crippen LogP contribution in [0.4, 0.5) is 4.39 Å². The molecular weight excluding hydrogens is 271 g/mol. The van der Waals surface area contributed by atoms with Gasteiger partial charge < -0.3 is 5.11 Å². The maximum atomic E-state index is 13.1. The molecule has 0 fully saturated rings. The quantitative estimate of drug-likeness (QED) is 0.787. The number of nitrogens with zero attached hydrogens (tertiary/aromatic N) is 2. The van der Waals surface area contributed by atoms with E-state index in [0.717, 1.165) is 0 Å². The molecule has 0 unspecified atom stereocenters. The minimum Gasteiger partial charge on any atom is -0.508 e. The second kappa shape index (κ2) is 5.01. The summed E-state index contributed by atoms with van der Waals surface area (Å²) < 4.78 is 14.5. The van der Waals surface area contributed by atoms with Gasteiger partial charge in [-0.1, -0.05) is 6.92 Å². The zero-order valence-electron chi connectivity index (χ0n) is 11.4. The normalized spacial score (nSPS) is 11.0. The number of hydrogen-bond acceptors (Lipinski definition) is 3. The summed E-state index contributed by atoms with van der Waals surface area (Å²) in [6.07, 6.45) is 0.540. The number of rotatable bonds is 2. The van der Waals surface area contributed by atoms with Crippen molar-refractivity contribution in [3.05, 3.63) is 64.5 Å². The van der Waals surface area contributed by atoms with Crippen LogP contribution < -0.4 is 5.56 Å². The van der Waals surface area contributed by atoms with Gasteiger partial charge in [-0.25, -0.2) is 9.37 Å². The molecule has 0 aliphatic carbocycles. The summed E-state index contributed by atoms with van der Waals surface area (Å²) in [5.41, 5.74) is 0.791. The van der Waals surface area contributed by atoms with Gasteiger partial charge in [0.2, 0.25) is 0 Å². The fraction of sp³-hybridized carbons (Fsp3) is 0.125. The average Bonchev–Trinajstić information content (AvgIpc) is 2.48. The van der Waals surface area contributed by atoms with Gasteiger partial charge in [0.25, 0.3) is 5.56 Å². The van der Waals surface area contributed by atoms with Crippen LogP contribution in [-0.2, 0) is 6.42 Å². The van der Waals surface area contributed by atoms with E-state index in [-0.39, 0.29) is 17.1 Å². The molecule has 0 atom stereocenters. The van der Waals surface area contributed by atoms with Crippen molar-refractivity contribution < 1.29 is 9.50 Å². The third-order valence-corrected chi connectivity index (χ3v) is 3.32. The number of benzene rings is 2. The smallest absolute Gasteiger partial charge is 0.265 e. The Morgan fingerprint density at radius 1 is 1.19 bits per heavy atom. The number of aromatic hydroxyl groups is 1. The van der Waals surface area contributed by atoms with E-state index in [1.807, 2.05) is 6.92 Å². The highest BCUT2D eigenvalue weighted by Crippen LogP contribution is 2.18. The van der Waals surface area contributed by atoms with Gasteiger partial charge in [-0.05, 0) is 36.4 Å². The molecule has 0 saturated carbocycles. The second-order valence-electron chi connectivity index (χ2n) is 4.70. The molecular formula is C16H13FN2O2. The predicted octanol–water partition coefficient (Wildman–Crippen LogP) is 2.79. The van der Waals surface area contributed by atoms with Crippen LogP contribution in [0, 0.1) is 5.82 Å². The first-order valence-corrected chi connectivity index (χ1v) is 6.60. The van der Waals surface area contributed by atoms with E-state index in [1.165, 1.54) is 28.8 Å². The molecule has 0 saturated heterocycles. The molecule has 0 radical (unpaired) electrons. The molecule has 0 spiro atoms. The lowest BCUT2D eigenvalue weighted by Gasteiger charge is -2.12. The number of aromatic nitrogens is 2. The Hall–Kier alpha value is -2.69. The average molecular weight is 284 g/mol. The lowest BCUT2D eigenvalue weighted by molar-refractivity contribution is 0.476.